The van der Waals surface area contributed by atoms with Gasteiger partial charge in [-0.2, -0.15) is 0 Å². The van der Waals surface area contributed by atoms with Gasteiger partial charge in [0.1, 0.15) is 0 Å². The summed E-state index contributed by atoms with van der Waals surface area (Å²) in [5.74, 6) is 0.849. The monoisotopic (exact) mass is 322 g/mol. The minimum Gasteiger partial charge on any atom is -0.351 e. The van der Waals surface area contributed by atoms with Crippen LogP contribution in [-0.2, 0) is 11.2 Å². The number of halogens is 1. The summed E-state index contributed by atoms with van der Waals surface area (Å²) in [5.41, 5.74) is 1.13. The summed E-state index contributed by atoms with van der Waals surface area (Å²) in [4.78, 5) is 12.8. The van der Waals surface area contributed by atoms with Crippen LogP contribution in [0.15, 0.2) is 30.3 Å². The molecule has 1 aliphatic carbocycles. The van der Waals surface area contributed by atoms with Gasteiger partial charge in [0, 0.05) is 12.6 Å². The Hall–Kier alpha value is -1.06. The van der Waals surface area contributed by atoms with E-state index in [9.17, 15) is 4.79 Å². The van der Waals surface area contributed by atoms with Crippen molar-refractivity contribution in [2.24, 2.45) is 11.3 Å². The lowest BCUT2D eigenvalue weighted by atomic mass is 9.64. The highest BCUT2D eigenvalue weighted by molar-refractivity contribution is 5.85. The smallest absolute Gasteiger partial charge is 0.226 e. The Morgan fingerprint density at radius 1 is 1.32 bits per heavy atom. The van der Waals surface area contributed by atoms with Crippen LogP contribution in [0.2, 0.25) is 0 Å². The quantitative estimate of drug-likeness (QED) is 0.895. The first-order chi connectivity index (χ1) is 10.2. The summed E-state index contributed by atoms with van der Waals surface area (Å²) < 4.78 is 0. The van der Waals surface area contributed by atoms with Gasteiger partial charge in [-0.15, -0.1) is 12.4 Å². The largest absolute Gasteiger partial charge is 0.351 e. The van der Waals surface area contributed by atoms with Crippen molar-refractivity contribution in [1.82, 2.24) is 10.6 Å². The predicted octanol–water partition coefficient (Wildman–Crippen LogP) is 2.94. The van der Waals surface area contributed by atoms with Crippen LogP contribution in [0.4, 0.5) is 0 Å². The lowest BCUT2D eigenvalue weighted by Crippen LogP contribution is -2.56. The Kier molecular flexibility index (Phi) is 5.87. The molecule has 22 heavy (non-hydrogen) atoms. The standard InChI is InChI=1S/C18H26N2O.ClH/c1-14-8-11-19-13-16(14)20-17(21)18(9-5-10-18)12-15-6-3-2-4-7-15;/h2-4,6-7,14,16,19H,5,8-13H2,1H3,(H,20,21);1H. The van der Waals surface area contributed by atoms with Gasteiger partial charge < -0.3 is 10.6 Å². The van der Waals surface area contributed by atoms with E-state index in [1.807, 2.05) is 6.07 Å². The molecule has 1 aliphatic heterocycles. The molecule has 1 heterocycles. The van der Waals surface area contributed by atoms with Gasteiger partial charge in [-0.3, -0.25) is 4.79 Å². The molecule has 4 heteroatoms. The van der Waals surface area contributed by atoms with Gasteiger partial charge in [0.25, 0.3) is 0 Å². The Morgan fingerprint density at radius 2 is 2.05 bits per heavy atom. The van der Waals surface area contributed by atoms with Crippen LogP contribution in [0.3, 0.4) is 0 Å². The first-order valence-electron chi connectivity index (χ1n) is 8.25. The normalized spacial score (nSPS) is 26.4. The van der Waals surface area contributed by atoms with E-state index in [-0.39, 0.29) is 23.7 Å². The number of rotatable bonds is 4. The first kappa shape index (κ1) is 17.3. The van der Waals surface area contributed by atoms with Gasteiger partial charge in [-0.1, -0.05) is 43.7 Å². The van der Waals surface area contributed by atoms with Gasteiger partial charge in [-0.05, 0) is 43.7 Å². The number of benzene rings is 1. The molecular weight excluding hydrogens is 296 g/mol. The SMILES string of the molecule is CC1CCNCC1NC(=O)C1(Cc2ccccc2)CCC1.Cl. The number of hydrogen-bond acceptors (Lipinski definition) is 2. The zero-order chi connectivity index (χ0) is 14.7. The molecule has 2 unspecified atom stereocenters. The molecule has 1 amide bonds. The zero-order valence-corrected chi connectivity index (χ0v) is 14.1. The number of nitrogens with one attached hydrogen (secondary N) is 2. The van der Waals surface area contributed by atoms with Crippen LogP contribution >= 0.6 is 12.4 Å². The Balaban J connectivity index is 0.00000176. The van der Waals surface area contributed by atoms with E-state index in [4.69, 9.17) is 0 Å². The summed E-state index contributed by atoms with van der Waals surface area (Å²) in [5, 5.41) is 6.72. The topological polar surface area (TPSA) is 41.1 Å². The Labute approximate surface area is 139 Å². The third-order valence-electron chi connectivity index (χ3n) is 5.32. The molecule has 2 atom stereocenters. The second-order valence-electron chi connectivity index (χ2n) is 6.85. The van der Waals surface area contributed by atoms with Gasteiger partial charge >= 0.3 is 0 Å². The van der Waals surface area contributed by atoms with Crippen LogP contribution in [0.25, 0.3) is 0 Å². The van der Waals surface area contributed by atoms with Crippen molar-refractivity contribution in [2.45, 2.75) is 45.1 Å². The third kappa shape index (κ3) is 3.64. The highest BCUT2D eigenvalue weighted by Crippen LogP contribution is 2.44. The minimum atomic E-state index is -0.154. The molecule has 0 aromatic heterocycles. The number of piperidine rings is 1. The maximum atomic E-state index is 12.8. The molecule has 3 rings (SSSR count). The molecular formula is C18H27ClN2O. The third-order valence-corrected chi connectivity index (χ3v) is 5.32. The molecule has 1 saturated heterocycles. The summed E-state index contributed by atoms with van der Waals surface area (Å²) in [7, 11) is 0. The van der Waals surface area contributed by atoms with Crippen LogP contribution in [0.5, 0.6) is 0 Å². The van der Waals surface area contributed by atoms with Crippen LogP contribution in [-0.4, -0.2) is 25.0 Å². The van der Waals surface area contributed by atoms with Crippen molar-refractivity contribution in [3.05, 3.63) is 35.9 Å². The van der Waals surface area contributed by atoms with Gasteiger partial charge in [-0.25, -0.2) is 0 Å². The Morgan fingerprint density at radius 3 is 2.64 bits per heavy atom. The van der Waals surface area contributed by atoms with Crippen molar-refractivity contribution in [2.75, 3.05) is 13.1 Å². The molecule has 3 nitrogen and oxygen atoms in total. The molecule has 122 valence electrons. The van der Waals surface area contributed by atoms with Crippen molar-refractivity contribution in [3.8, 4) is 0 Å². The lowest BCUT2D eigenvalue weighted by molar-refractivity contribution is -0.137. The molecule has 2 N–H and O–H groups in total. The van der Waals surface area contributed by atoms with Crippen LogP contribution in [0, 0.1) is 11.3 Å². The molecule has 2 fully saturated rings. The van der Waals surface area contributed by atoms with Crippen molar-refractivity contribution >= 4 is 18.3 Å². The Bertz CT molecular complexity index is 487. The van der Waals surface area contributed by atoms with Crippen LogP contribution < -0.4 is 10.6 Å². The molecule has 2 aliphatic rings. The average Bonchev–Trinajstić information content (AvgIpc) is 2.46. The number of carbonyl (C=O) groups is 1. The van der Waals surface area contributed by atoms with E-state index >= 15 is 0 Å². The first-order valence-corrected chi connectivity index (χ1v) is 8.25. The number of hydrogen-bond donors (Lipinski definition) is 2. The molecule has 1 saturated carbocycles. The minimum absolute atomic E-state index is 0. The molecule has 1 aromatic carbocycles. The lowest BCUT2D eigenvalue weighted by Gasteiger charge is -2.42. The molecule has 0 bridgehead atoms. The number of carbonyl (C=O) groups excluding carboxylic acids is 1. The second kappa shape index (κ2) is 7.47. The van der Waals surface area contributed by atoms with Crippen molar-refractivity contribution < 1.29 is 4.79 Å². The fourth-order valence-corrected chi connectivity index (χ4v) is 3.58. The second-order valence-corrected chi connectivity index (χ2v) is 6.85. The van der Waals surface area contributed by atoms with Gasteiger partial charge in [0.15, 0.2) is 0 Å². The average molecular weight is 323 g/mol. The van der Waals surface area contributed by atoms with Gasteiger partial charge in [0.2, 0.25) is 5.91 Å². The summed E-state index contributed by atoms with van der Waals surface area (Å²) in [6, 6.07) is 10.7. The fraction of sp³-hybridized carbons (Fsp3) is 0.611. The summed E-state index contributed by atoms with van der Waals surface area (Å²) >= 11 is 0. The maximum absolute atomic E-state index is 12.8. The zero-order valence-electron chi connectivity index (χ0n) is 13.3. The van der Waals surface area contributed by atoms with E-state index in [1.54, 1.807) is 0 Å². The van der Waals surface area contributed by atoms with Crippen molar-refractivity contribution in [3.63, 3.8) is 0 Å². The summed E-state index contributed by atoms with van der Waals surface area (Å²) in [6.07, 6.45) is 5.27. The fourth-order valence-electron chi connectivity index (χ4n) is 3.58. The predicted molar refractivity (Wildman–Crippen MR) is 92.3 cm³/mol. The highest BCUT2D eigenvalue weighted by Gasteiger charge is 2.44. The van der Waals surface area contributed by atoms with E-state index in [2.05, 4.69) is 41.8 Å². The highest BCUT2D eigenvalue weighted by atomic mass is 35.5. The van der Waals surface area contributed by atoms with Crippen LogP contribution in [0.1, 0.15) is 38.2 Å². The van der Waals surface area contributed by atoms with E-state index in [0.29, 0.717) is 12.0 Å². The van der Waals surface area contributed by atoms with Gasteiger partial charge in [0.05, 0.1) is 5.41 Å². The number of amides is 1. The van der Waals surface area contributed by atoms with E-state index < -0.39 is 0 Å². The summed E-state index contributed by atoms with van der Waals surface area (Å²) in [6.45, 7) is 4.23. The maximum Gasteiger partial charge on any atom is 0.226 e. The van der Waals surface area contributed by atoms with Crippen molar-refractivity contribution in [1.29, 1.82) is 0 Å². The molecule has 1 aromatic rings. The van der Waals surface area contributed by atoms with E-state index in [0.717, 1.165) is 38.8 Å². The van der Waals surface area contributed by atoms with E-state index in [1.165, 1.54) is 12.0 Å². The molecule has 0 radical (unpaired) electrons. The molecule has 0 spiro atoms.